The van der Waals surface area contributed by atoms with Crippen LogP contribution in [0.25, 0.3) is 0 Å². The van der Waals surface area contributed by atoms with E-state index in [0.717, 1.165) is 38.5 Å². The van der Waals surface area contributed by atoms with Crippen molar-refractivity contribution in [2.24, 2.45) is 5.92 Å². The van der Waals surface area contributed by atoms with Gasteiger partial charge in [0.25, 0.3) is 0 Å². The summed E-state index contributed by atoms with van der Waals surface area (Å²) in [7, 11) is 1.73. The molecular formula is C13H29NO2. The fourth-order valence-corrected chi connectivity index (χ4v) is 1.53. The van der Waals surface area contributed by atoms with Gasteiger partial charge in [0.15, 0.2) is 0 Å². The van der Waals surface area contributed by atoms with Crippen LogP contribution in [-0.4, -0.2) is 39.5 Å². The monoisotopic (exact) mass is 231 g/mol. The highest BCUT2D eigenvalue weighted by Gasteiger charge is 2.07. The molecule has 3 nitrogen and oxygen atoms in total. The van der Waals surface area contributed by atoms with E-state index in [4.69, 9.17) is 9.47 Å². The summed E-state index contributed by atoms with van der Waals surface area (Å²) < 4.78 is 10.9. The molecule has 0 aromatic rings. The maximum atomic E-state index is 5.79. The fraction of sp³-hybridized carbons (Fsp3) is 1.00. The average Bonchev–Trinajstić information content (AvgIpc) is 2.24. The molecular weight excluding hydrogens is 202 g/mol. The summed E-state index contributed by atoms with van der Waals surface area (Å²) in [6.45, 7) is 10.1. The summed E-state index contributed by atoms with van der Waals surface area (Å²) in [6, 6.07) is 0. The molecule has 1 atom stereocenters. The van der Waals surface area contributed by atoms with Gasteiger partial charge >= 0.3 is 0 Å². The Morgan fingerprint density at radius 3 is 2.56 bits per heavy atom. The molecule has 16 heavy (non-hydrogen) atoms. The summed E-state index contributed by atoms with van der Waals surface area (Å²) in [6.07, 6.45) is 3.74. The molecule has 0 heterocycles. The Bertz CT molecular complexity index is 140. The number of methoxy groups -OCH3 is 1. The van der Waals surface area contributed by atoms with Gasteiger partial charge in [0.1, 0.15) is 0 Å². The van der Waals surface area contributed by atoms with E-state index in [1.54, 1.807) is 7.11 Å². The Morgan fingerprint density at radius 1 is 1.25 bits per heavy atom. The van der Waals surface area contributed by atoms with Crippen molar-refractivity contribution in [3.8, 4) is 0 Å². The van der Waals surface area contributed by atoms with Crippen molar-refractivity contribution in [3.63, 3.8) is 0 Å². The second-order valence-electron chi connectivity index (χ2n) is 4.69. The molecule has 1 unspecified atom stereocenters. The molecule has 0 bridgehead atoms. The summed E-state index contributed by atoms with van der Waals surface area (Å²) >= 11 is 0. The maximum absolute atomic E-state index is 5.79. The third-order valence-corrected chi connectivity index (χ3v) is 2.43. The summed E-state index contributed by atoms with van der Waals surface area (Å²) in [4.78, 5) is 0. The minimum absolute atomic E-state index is 0.198. The first-order chi connectivity index (χ1) is 7.70. The molecule has 0 aromatic heterocycles. The lowest BCUT2D eigenvalue weighted by Crippen LogP contribution is -2.33. The van der Waals surface area contributed by atoms with E-state index in [2.05, 4.69) is 26.1 Å². The number of nitrogens with one attached hydrogen (secondary N) is 1. The third-order valence-electron chi connectivity index (χ3n) is 2.43. The Morgan fingerprint density at radius 2 is 2.00 bits per heavy atom. The quantitative estimate of drug-likeness (QED) is 0.554. The van der Waals surface area contributed by atoms with Crippen molar-refractivity contribution in [2.45, 2.75) is 46.1 Å². The van der Waals surface area contributed by atoms with Gasteiger partial charge in [-0.1, -0.05) is 20.8 Å². The smallest absolute Gasteiger partial charge is 0.0932 e. The lowest BCUT2D eigenvalue weighted by molar-refractivity contribution is -0.00292. The van der Waals surface area contributed by atoms with Crippen LogP contribution < -0.4 is 5.32 Å². The highest BCUT2D eigenvalue weighted by atomic mass is 16.5. The van der Waals surface area contributed by atoms with Gasteiger partial charge in [0.05, 0.1) is 12.7 Å². The molecule has 98 valence electrons. The van der Waals surface area contributed by atoms with Gasteiger partial charge in [-0.3, -0.25) is 0 Å². The zero-order chi connectivity index (χ0) is 12.2. The normalized spacial score (nSPS) is 13.3. The molecule has 0 fully saturated rings. The predicted molar refractivity (Wildman–Crippen MR) is 68.8 cm³/mol. The first kappa shape index (κ1) is 15.9. The van der Waals surface area contributed by atoms with Crippen LogP contribution in [0.4, 0.5) is 0 Å². The van der Waals surface area contributed by atoms with Crippen molar-refractivity contribution in [1.82, 2.24) is 5.32 Å². The maximum Gasteiger partial charge on any atom is 0.0932 e. The first-order valence-electron chi connectivity index (χ1n) is 6.51. The lowest BCUT2D eigenvalue weighted by Gasteiger charge is -2.18. The largest absolute Gasteiger partial charge is 0.382 e. The Hall–Kier alpha value is -0.120. The van der Waals surface area contributed by atoms with E-state index in [0.29, 0.717) is 6.61 Å². The molecule has 3 heteroatoms. The number of hydrogen-bond donors (Lipinski definition) is 1. The minimum atomic E-state index is 0.198. The van der Waals surface area contributed by atoms with Gasteiger partial charge in [-0.25, -0.2) is 0 Å². The minimum Gasteiger partial charge on any atom is -0.382 e. The highest BCUT2D eigenvalue weighted by Crippen LogP contribution is 2.04. The van der Waals surface area contributed by atoms with Crippen molar-refractivity contribution >= 4 is 0 Å². The number of ether oxygens (including phenoxy) is 2. The molecule has 0 saturated heterocycles. The SMILES string of the molecule is CCCNCC(COC)OCCCC(C)C. The van der Waals surface area contributed by atoms with Crippen molar-refractivity contribution in [2.75, 3.05) is 33.4 Å². The van der Waals surface area contributed by atoms with Crippen LogP contribution >= 0.6 is 0 Å². The molecule has 0 aliphatic rings. The molecule has 1 N–H and O–H groups in total. The van der Waals surface area contributed by atoms with Gasteiger partial charge in [0.2, 0.25) is 0 Å². The predicted octanol–water partition coefficient (Wildman–Crippen LogP) is 2.45. The highest BCUT2D eigenvalue weighted by molar-refractivity contribution is 4.61. The van der Waals surface area contributed by atoms with Crippen LogP contribution in [0.5, 0.6) is 0 Å². The van der Waals surface area contributed by atoms with Crippen LogP contribution in [0.3, 0.4) is 0 Å². The molecule has 0 spiro atoms. The van der Waals surface area contributed by atoms with E-state index in [9.17, 15) is 0 Å². The molecule has 0 aromatic carbocycles. The summed E-state index contributed by atoms with van der Waals surface area (Å²) in [5.41, 5.74) is 0. The zero-order valence-corrected chi connectivity index (χ0v) is 11.4. The number of rotatable bonds is 11. The molecule has 0 aliphatic heterocycles. The third kappa shape index (κ3) is 10.4. The van der Waals surface area contributed by atoms with Crippen molar-refractivity contribution in [3.05, 3.63) is 0 Å². The van der Waals surface area contributed by atoms with E-state index in [-0.39, 0.29) is 6.10 Å². The zero-order valence-electron chi connectivity index (χ0n) is 11.4. The Balaban J connectivity index is 3.51. The van der Waals surface area contributed by atoms with Crippen molar-refractivity contribution in [1.29, 1.82) is 0 Å². The van der Waals surface area contributed by atoms with Gasteiger partial charge in [-0.05, 0) is 31.7 Å². The van der Waals surface area contributed by atoms with Gasteiger partial charge in [0, 0.05) is 20.3 Å². The summed E-state index contributed by atoms with van der Waals surface area (Å²) in [5, 5.41) is 3.36. The van der Waals surface area contributed by atoms with E-state index in [1.165, 1.54) is 6.42 Å². The molecule has 0 radical (unpaired) electrons. The fourth-order valence-electron chi connectivity index (χ4n) is 1.53. The second-order valence-corrected chi connectivity index (χ2v) is 4.69. The van der Waals surface area contributed by atoms with Crippen LogP contribution in [0.15, 0.2) is 0 Å². The standard InChI is InChI=1S/C13H29NO2/c1-5-8-14-10-13(11-15-4)16-9-6-7-12(2)3/h12-14H,5-11H2,1-4H3. The van der Waals surface area contributed by atoms with E-state index < -0.39 is 0 Å². The van der Waals surface area contributed by atoms with Crippen LogP contribution in [0, 0.1) is 5.92 Å². The van der Waals surface area contributed by atoms with Gasteiger partial charge in [-0.2, -0.15) is 0 Å². The van der Waals surface area contributed by atoms with E-state index >= 15 is 0 Å². The van der Waals surface area contributed by atoms with Crippen LogP contribution in [0.1, 0.15) is 40.0 Å². The Kier molecular flexibility index (Phi) is 11.3. The molecule has 0 saturated carbocycles. The first-order valence-corrected chi connectivity index (χ1v) is 6.51. The van der Waals surface area contributed by atoms with E-state index in [1.807, 2.05) is 0 Å². The topological polar surface area (TPSA) is 30.5 Å². The molecule has 0 aliphatic carbocycles. The Labute approximate surface area is 101 Å². The number of hydrogen-bond acceptors (Lipinski definition) is 3. The molecule has 0 amide bonds. The lowest BCUT2D eigenvalue weighted by atomic mass is 10.1. The average molecular weight is 231 g/mol. The van der Waals surface area contributed by atoms with Crippen LogP contribution in [-0.2, 0) is 9.47 Å². The van der Waals surface area contributed by atoms with Crippen molar-refractivity contribution < 1.29 is 9.47 Å². The van der Waals surface area contributed by atoms with Gasteiger partial charge in [-0.15, -0.1) is 0 Å². The van der Waals surface area contributed by atoms with Gasteiger partial charge < -0.3 is 14.8 Å². The second kappa shape index (κ2) is 11.4. The molecule has 0 rings (SSSR count). The summed E-state index contributed by atoms with van der Waals surface area (Å²) in [5.74, 6) is 0.766. The van der Waals surface area contributed by atoms with Crippen LogP contribution in [0.2, 0.25) is 0 Å².